The molecule has 0 spiro atoms. The van der Waals surface area contributed by atoms with Crippen molar-refractivity contribution in [2.24, 2.45) is 5.10 Å². The van der Waals surface area contributed by atoms with Crippen LogP contribution in [0.4, 0.5) is 5.69 Å². The smallest absolute Gasteiger partial charge is 0.335 e. The molecule has 0 heterocycles. The lowest BCUT2D eigenvalue weighted by Crippen LogP contribution is -1.98. The number of hydrogen-bond acceptors (Lipinski definition) is 4. The predicted molar refractivity (Wildman–Crippen MR) is 80.4 cm³/mol. The van der Waals surface area contributed by atoms with Crippen LogP contribution < -0.4 is 5.43 Å². The molecule has 2 aromatic rings. The Morgan fingerprint density at radius 3 is 2.70 bits per heavy atom. The maximum atomic E-state index is 10.9. The van der Waals surface area contributed by atoms with Crippen molar-refractivity contribution in [3.8, 4) is 5.75 Å². The zero-order valence-corrected chi connectivity index (χ0v) is 11.8. The fourth-order valence-corrected chi connectivity index (χ4v) is 1.89. The van der Waals surface area contributed by atoms with Gasteiger partial charge >= 0.3 is 5.97 Å². The van der Waals surface area contributed by atoms with Gasteiger partial charge in [0.1, 0.15) is 5.75 Å². The minimum absolute atomic E-state index is 0.0346. The van der Waals surface area contributed by atoms with Crippen molar-refractivity contribution in [1.82, 2.24) is 0 Å². The Bertz CT molecular complexity index is 671. The van der Waals surface area contributed by atoms with Crippen LogP contribution in [0.25, 0.3) is 0 Å². The highest BCUT2D eigenvalue weighted by atomic mass is 79.9. The summed E-state index contributed by atoms with van der Waals surface area (Å²) in [6.45, 7) is 0. The largest absolute Gasteiger partial charge is 0.507 e. The number of aromatic carboxylic acids is 1. The third kappa shape index (κ3) is 3.36. The third-order valence-electron chi connectivity index (χ3n) is 2.54. The molecule has 0 saturated carbocycles. The Labute approximate surface area is 123 Å². The summed E-state index contributed by atoms with van der Waals surface area (Å²) in [5, 5.41) is 22.5. The Balaban J connectivity index is 2.17. The van der Waals surface area contributed by atoms with Gasteiger partial charge in [-0.1, -0.05) is 12.1 Å². The zero-order chi connectivity index (χ0) is 14.5. The summed E-state index contributed by atoms with van der Waals surface area (Å²) < 4.78 is 0.848. The van der Waals surface area contributed by atoms with Crippen LogP contribution in [0.1, 0.15) is 15.9 Å². The van der Waals surface area contributed by atoms with E-state index in [0.717, 1.165) is 10.2 Å². The first kappa shape index (κ1) is 14.1. The second-order valence-electron chi connectivity index (χ2n) is 3.93. The van der Waals surface area contributed by atoms with Crippen LogP contribution in [0, 0.1) is 0 Å². The van der Waals surface area contributed by atoms with Crippen molar-refractivity contribution in [2.75, 3.05) is 5.43 Å². The van der Waals surface area contributed by atoms with Gasteiger partial charge in [-0.05, 0) is 46.3 Å². The van der Waals surface area contributed by atoms with Gasteiger partial charge in [-0.3, -0.25) is 5.43 Å². The minimum Gasteiger partial charge on any atom is -0.507 e. The molecular formula is C14H11BrN2O3. The highest BCUT2D eigenvalue weighted by molar-refractivity contribution is 9.10. The van der Waals surface area contributed by atoms with E-state index in [1.807, 2.05) is 24.3 Å². The van der Waals surface area contributed by atoms with Crippen molar-refractivity contribution in [3.05, 3.63) is 58.1 Å². The normalized spacial score (nSPS) is 10.7. The predicted octanol–water partition coefficient (Wildman–Crippen LogP) is 3.30. The SMILES string of the molecule is O=C(O)c1ccc(O)c(/C=N/Nc2ccccc2Br)c1. The maximum Gasteiger partial charge on any atom is 0.335 e. The number of halogens is 1. The van der Waals surface area contributed by atoms with Crippen molar-refractivity contribution in [3.63, 3.8) is 0 Å². The zero-order valence-electron chi connectivity index (χ0n) is 10.2. The van der Waals surface area contributed by atoms with Crippen molar-refractivity contribution >= 4 is 33.8 Å². The fraction of sp³-hybridized carbons (Fsp3) is 0. The number of benzene rings is 2. The number of carboxylic acids is 1. The monoisotopic (exact) mass is 334 g/mol. The summed E-state index contributed by atoms with van der Waals surface area (Å²) in [5.74, 6) is -1.09. The molecule has 0 aliphatic rings. The molecule has 6 heteroatoms. The first-order chi connectivity index (χ1) is 9.58. The summed E-state index contributed by atoms with van der Waals surface area (Å²) >= 11 is 3.36. The molecule has 2 rings (SSSR count). The number of rotatable bonds is 4. The van der Waals surface area contributed by atoms with E-state index in [4.69, 9.17) is 5.11 Å². The molecular weight excluding hydrogens is 324 g/mol. The number of phenols is 1. The second-order valence-corrected chi connectivity index (χ2v) is 4.78. The molecule has 0 bridgehead atoms. The average Bonchev–Trinajstić information content (AvgIpc) is 2.42. The fourth-order valence-electron chi connectivity index (χ4n) is 1.51. The number of anilines is 1. The molecule has 2 aromatic carbocycles. The summed E-state index contributed by atoms with van der Waals surface area (Å²) in [5.41, 5.74) is 3.97. The first-order valence-electron chi connectivity index (χ1n) is 5.68. The lowest BCUT2D eigenvalue weighted by atomic mass is 10.1. The molecule has 0 aliphatic heterocycles. The van der Waals surface area contributed by atoms with Gasteiger partial charge in [0.15, 0.2) is 0 Å². The summed E-state index contributed by atoms with van der Waals surface area (Å²) in [6, 6.07) is 11.4. The van der Waals surface area contributed by atoms with Crippen LogP contribution in [0.2, 0.25) is 0 Å². The lowest BCUT2D eigenvalue weighted by molar-refractivity contribution is 0.0697. The average molecular weight is 335 g/mol. The quantitative estimate of drug-likeness (QED) is 0.591. The number of carboxylic acid groups (broad SMARTS) is 1. The second kappa shape index (κ2) is 6.21. The standard InChI is InChI=1S/C14H11BrN2O3/c15-11-3-1-2-4-12(11)17-16-8-10-7-9(14(19)20)5-6-13(10)18/h1-8,17-18H,(H,19,20)/b16-8+. The maximum absolute atomic E-state index is 10.9. The summed E-state index contributed by atoms with van der Waals surface area (Å²) in [7, 11) is 0. The Morgan fingerprint density at radius 2 is 2.00 bits per heavy atom. The van der Waals surface area contributed by atoms with Crippen molar-refractivity contribution < 1.29 is 15.0 Å². The van der Waals surface area contributed by atoms with Gasteiger partial charge in [-0.2, -0.15) is 5.10 Å². The minimum atomic E-state index is -1.06. The van der Waals surface area contributed by atoms with Gasteiger partial charge in [0.2, 0.25) is 0 Å². The molecule has 0 aliphatic carbocycles. The van der Waals surface area contributed by atoms with E-state index in [0.29, 0.717) is 5.56 Å². The number of phenolic OH excluding ortho intramolecular Hbond substituents is 1. The Morgan fingerprint density at radius 1 is 1.25 bits per heavy atom. The molecule has 0 aromatic heterocycles. The van der Waals surface area contributed by atoms with E-state index in [1.54, 1.807) is 0 Å². The molecule has 0 radical (unpaired) electrons. The van der Waals surface area contributed by atoms with Crippen LogP contribution in [0.5, 0.6) is 5.75 Å². The van der Waals surface area contributed by atoms with E-state index < -0.39 is 5.97 Å². The van der Waals surface area contributed by atoms with Gasteiger partial charge in [-0.15, -0.1) is 0 Å². The number of carbonyl (C=O) groups is 1. The van der Waals surface area contributed by atoms with E-state index >= 15 is 0 Å². The first-order valence-corrected chi connectivity index (χ1v) is 6.47. The van der Waals surface area contributed by atoms with Crippen molar-refractivity contribution in [1.29, 1.82) is 0 Å². The van der Waals surface area contributed by atoms with Gasteiger partial charge < -0.3 is 10.2 Å². The molecule has 0 atom stereocenters. The topological polar surface area (TPSA) is 81.9 Å². The highest BCUT2D eigenvalue weighted by Gasteiger charge is 2.06. The summed E-state index contributed by atoms with van der Waals surface area (Å²) in [6.07, 6.45) is 1.36. The van der Waals surface area contributed by atoms with Crippen molar-refractivity contribution in [2.45, 2.75) is 0 Å². The number of para-hydroxylation sites is 1. The van der Waals surface area contributed by atoms with E-state index in [-0.39, 0.29) is 11.3 Å². The van der Waals surface area contributed by atoms with Crippen LogP contribution in [-0.4, -0.2) is 22.4 Å². The van der Waals surface area contributed by atoms with Crippen LogP contribution in [-0.2, 0) is 0 Å². The van der Waals surface area contributed by atoms with Gasteiger partial charge in [-0.25, -0.2) is 4.79 Å². The molecule has 3 N–H and O–H groups in total. The molecule has 0 fully saturated rings. The molecule has 5 nitrogen and oxygen atoms in total. The lowest BCUT2D eigenvalue weighted by Gasteiger charge is -2.03. The third-order valence-corrected chi connectivity index (χ3v) is 3.23. The molecule has 0 unspecified atom stereocenters. The van der Waals surface area contributed by atoms with Gasteiger partial charge in [0.25, 0.3) is 0 Å². The number of nitrogens with one attached hydrogen (secondary N) is 1. The number of hydrazone groups is 1. The van der Waals surface area contributed by atoms with E-state index in [9.17, 15) is 9.90 Å². The van der Waals surface area contributed by atoms with E-state index in [2.05, 4.69) is 26.5 Å². The number of hydrogen-bond donors (Lipinski definition) is 3. The number of aromatic hydroxyl groups is 1. The Hall–Kier alpha value is -2.34. The number of nitrogens with zero attached hydrogens (tertiary/aromatic N) is 1. The molecule has 102 valence electrons. The van der Waals surface area contributed by atoms with E-state index in [1.165, 1.54) is 24.4 Å². The van der Waals surface area contributed by atoms with Crippen LogP contribution in [0.3, 0.4) is 0 Å². The molecule has 20 heavy (non-hydrogen) atoms. The van der Waals surface area contributed by atoms with Gasteiger partial charge in [0.05, 0.1) is 17.5 Å². The Kier molecular flexibility index (Phi) is 4.37. The van der Waals surface area contributed by atoms with Crippen LogP contribution >= 0.6 is 15.9 Å². The van der Waals surface area contributed by atoms with Crippen LogP contribution in [0.15, 0.2) is 52.0 Å². The molecule has 0 saturated heterocycles. The molecule has 0 amide bonds. The van der Waals surface area contributed by atoms with Gasteiger partial charge in [0, 0.05) is 10.0 Å². The highest BCUT2D eigenvalue weighted by Crippen LogP contribution is 2.21. The summed E-state index contributed by atoms with van der Waals surface area (Å²) in [4.78, 5) is 10.9.